The van der Waals surface area contributed by atoms with Crippen LogP contribution >= 0.6 is 58.2 Å². The summed E-state index contributed by atoms with van der Waals surface area (Å²) in [6, 6.07) is 10.0. The lowest BCUT2D eigenvalue weighted by Gasteiger charge is -2.13. The molecule has 7 heteroatoms. The van der Waals surface area contributed by atoms with Crippen LogP contribution < -0.4 is 5.32 Å². The topological polar surface area (TPSA) is 29.1 Å². The van der Waals surface area contributed by atoms with E-state index >= 15 is 0 Å². The predicted molar refractivity (Wildman–Crippen MR) is 96.9 cm³/mol. The van der Waals surface area contributed by atoms with E-state index < -0.39 is 0 Å². The standard InChI is InChI=1S/C15H11Cl4NOS/c1-8(22-14-7-9(16)2-3-13(14)19)15(21)20-12-5-10(17)4-11(18)6-12/h2-8H,1H3,(H,20,21). The second kappa shape index (κ2) is 7.80. The number of thioether (sulfide) groups is 1. The Hall–Kier alpha value is -0.580. The van der Waals surface area contributed by atoms with Crippen LogP contribution in [0.5, 0.6) is 0 Å². The number of hydrogen-bond donors (Lipinski definition) is 1. The molecule has 0 spiro atoms. The van der Waals surface area contributed by atoms with E-state index in [1.165, 1.54) is 11.8 Å². The molecule has 0 aliphatic rings. The summed E-state index contributed by atoms with van der Waals surface area (Å²) in [4.78, 5) is 13.0. The first-order chi connectivity index (χ1) is 10.3. The number of halogens is 4. The van der Waals surface area contributed by atoms with Gasteiger partial charge in [0.05, 0.1) is 10.3 Å². The molecule has 2 nitrogen and oxygen atoms in total. The van der Waals surface area contributed by atoms with Gasteiger partial charge >= 0.3 is 0 Å². The molecule has 0 aliphatic carbocycles. The summed E-state index contributed by atoms with van der Waals surface area (Å²) in [6.45, 7) is 1.78. The van der Waals surface area contributed by atoms with Gasteiger partial charge in [0, 0.05) is 25.7 Å². The maximum absolute atomic E-state index is 12.2. The molecule has 1 atom stereocenters. The van der Waals surface area contributed by atoms with Gasteiger partial charge in [0.15, 0.2) is 0 Å². The Morgan fingerprint density at radius 2 is 1.64 bits per heavy atom. The summed E-state index contributed by atoms with van der Waals surface area (Å²) in [5.41, 5.74) is 0.548. The molecular formula is C15H11Cl4NOS. The van der Waals surface area contributed by atoms with E-state index in [0.29, 0.717) is 25.8 Å². The van der Waals surface area contributed by atoms with Crippen molar-refractivity contribution in [1.29, 1.82) is 0 Å². The van der Waals surface area contributed by atoms with Crippen molar-refractivity contribution in [3.63, 3.8) is 0 Å². The number of nitrogens with one attached hydrogen (secondary N) is 1. The Morgan fingerprint density at radius 1 is 1.00 bits per heavy atom. The summed E-state index contributed by atoms with van der Waals surface area (Å²) in [7, 11) is 0. The minimum absolute atomic E-state index is 0.181. The molecule has 0 heterocycles. The zero-order chi connectivity index (χ0) is 16.3. The summed E-state index contributed by atoms with van der Waals surface area (Å²) < 4.78 is 0. The molecule has 22 heavy (non-hydrogen) atoms. The van der Waals surface area contributed by atoms with E-state index in [-0.39, 0.29) is 11.2 Å². The maximum Gasteiger partial charge on any atom is 0.237 e. The van der Waals surface area contributed by atoms with Crippen molar-refractivity contribution in [1.82, 2.24) is 0 Å². The van der Waals surface area contributed by atoms with Gasteiger partial charge in [-0.3, -0.25) is 4.79 Å². The molecule has 116 valence electrons. The van der Waals surface area contributed by atoms with Crippen molar-refractivity contribution in [3.05, 3.63) is 56.5 Å². The Bertz CT molecular complexity index is 688. The van der Waals surface area contributed by atoms with Gasteiger partial charge in [0.1, 0.15) is 0 Å². The number of amides is 1. The number of benzene rings is 2. The third kappa shape index (κ3) is 4.97. The first kappa shape index (κ1) is 17.8. The quantitative estimate of drug-likeness (QED) is 0.606. The van der Waals surface area contributed by atoms with Crippen molar-refractivity contribution >= 4 is 69.8 Å². The van der Waals surface area contributed by atoms with Crippen molar-refractivity contribution in [2.24, 2.45) is 0 Å². The van der Waals surface area contributed by atoms with Crippen LogP contribution in [0.25, 0.3) is 0 Å². The van der Waals surface area contributed by atoms with Gasteiger partial charge in [-0.05, 0) is 43.3 Å². The van der Waals surface area contributed by atoms with E-state index in [4.69, 9.17) is 46.4 Å². The largest absolute Gasteiger partial charge is 0.325 e. The molecule has 0 fully saturated rings. The van der Waals surface area contributed by atoms with Crippen LogP contribution in [0.1, 0.15) is 6.92 Å². The second-order valence-corrected chi connectivity index (χ2v) is 7.58. The Labute approximate surface area is 153 Å². The highest BCUT2D eigenvalue weighted by molar-refractivity contribution is 8.00. The summed E-state index contributed by atoms with van der Waals surface area (Å²) >= 11 is 25.2. The van der Waals surface area contributed by atoms with Crippen molar-refractivity contribution in [3.8, 4) is 0 Å². The number of hydrogen-bond acceptors (Lipinski definition) is 2. The molecule has 0 radical (unpaired) electrons. The number of anilines is 1. The van der Waals surface area contributed by atoms with Gasteiger partial charge in [-0.2, -0.15) is 0 Å². The van der Waals surface area contributed by atoms with Crippen LogP contribution in [0.2, 0.25) is 20.1 Å². The third-order valence-electron chi connectivity index (χ3n) is 2.70. The highest BCUT2D eigenvalue weighted by Gasteiger charge is 2.16. The van der Waals surface area contributed by atoms with Gasteiger partial charge in [-0.1, -0.05) is 46.4 Å². The number of carbonyl (C=O) groups excluding carboxylic acids is 1. The second-order valence-electron chi connectivity index (χ2n) is 4.48. The van der Waals surface area contributed by atoms with Crippen molar-refractivity contribution in [2.45, 2.75) is 17.1 Å². The fourth-order valence-corrected chi connectivity index (χ4v) is 3.62. The molecule has 2 aromatic rings. The van der Waals surface area contributed by atoms with Crippen molar-refractivity contribution < 1.29 is 4.79 Å². The van der Waals surface area contributed by atoms with Gasteiger partial charge in [-0.15, -0.1) is 11.8 Å². The molecule has 0 saturated carbocycles. The molecular weight excluding hydrogens is 384 g/mol. The van der Waals surface area contributed by atoms with Gasteiger partial charge in [0.2, 0.25) is 5.91 Å². The van der Waals surface area contributed by atoms with Gasteiger partial charge in [-0.25, -0.2) is 0 Å². The van der Waals surface area contributed by atoms with E-state index in [1.807, 2.05) is 0 Å². The minimum atomic E-state index is -0.367. The van der Waals surface area contributed by atoms with E-state index in [1.54, 1.807) is 43.3 Å². The molecule has 1 unspecified atom stereocenters. The normalized spacial score (nSPS) is 12.0. The predicted octanol–water partition coefficient (Wildman–Crippen LogP) is 6.42. The molecule has 0 saturated heterocycles. The van der Waals surface area contributed by atoms with Gasteiger partial charge < -0.3 is 5.32 Å². The monoisotopic (exact) mass is 393 g/mol. The third-order valence-corrected chi connectivity index (χ3v) is 4.97. The highest BCUT2D eigenvalue weighted by Crippen LogP contribution is 2.33. The Kier molecular flexibility index (Phi) is 6.30. The summed E-state index contributed by atoms with van der Waals surface area (Å²) in [5.74, 6) is -0.181. The number of carbonyl (C=O) groups is 1. The SMILES string of the molecule is CC(Sc1cc(Cl)ccc1Cl)C(=O)Nc1cc(Cl)cc(Cl)c1. The van der Waals surface area contributed by atoms with Crippen LogP contribution in [0.15, 0.2) is 41.3 Å². The molecule has 0 aliphatic heterocycles. The zero-order valence-corrected chi connectivity index (χ0v) is 15.2. The van der Waals surface area contributed by atoms with Gasteiger partial charge in [0.25, 0.3) is 0 Å². The molecule has 2 rings (SSSR count). The minimum Gasteiger partial charge on any atom is -0.325 e. The fraction of sp³-hybridized carbons (Fsp3) is 0.133. The van der Waals surface area contributed by atoms with Crippen LogP contribution in [0.3, 0.4) is 0 Å². The smallest absolute Gasteiger partial charge is 0.237 e. The average Bonchev–Trinajstić information content (AvgIpc) is 2.41. The first-order valence-electron chi connectivity index (χ1n) is 6.24. The highest BCUT2D eigenvalue weighted by atomic mass is 35.5. The molecule has 1 amide bonds. The first-order valence-corrected chi connectivity index (χ1v) is 8.63. The Morgan fingerprint density at radius 3 is 2.27 bits per heavy atom. The molecule has 0 aromatic heterocycles. The van der Waals surface area contributed by atoms with Crippen molar-refractivity contribution in [2.75, 3.05) is 5.32 Å². The van der Waals surface area contributed by atoms with Crippen LogP contribution in [0.4, 0.5) is 5.69 Å². The molecule has 1 N–H and O–H groups in total. The van der Waals surface area contributed by atoms with Crippen LogP contribution in [-0.4, -0.2) is 11.2 Å². The number of rotatable bonds is 4. The lowest BCUT2D eigenvalue weighted by atomic mass is 10.3. The van der Waals surface area contributed by atoms with E-state index in [2.05, 4.69) is 5.32 Å². The molecule has 0 bridgehead atoms. The maximum atomic E-state index is 12.2. The lowest BCUT2D eigenvalue weighted by Crippen LogP contribution is -2.22. The Balaban J connectivity index is 2.07. The molecule has 2 aromatic carbocycles. The fourth-order valence-electron chi connectivity index (χ4n) is 1.68. The van der Waals surface area contributed by atoms with E-state index in [9.17, 15) is 4.79 Å². The van der Waals surface area contributed by atoms with E-state index in [0.717, 1.165) is 4.90 Å². The van der Waals surface area contributed by atoms with Crippen LogP contribution in [0, 0.1) is 0 Å². The van der Waals surface area contributed by atoms with Crippen LogP contribution in [-0.2, 0) is 4.79 Å². The lowest BCUT2D eigenvalue weighted by molar-refractivity contribution is -0.115. The summed E-state index contributed by atoms with van der Waals surface area (Å²) in [6.07, 6.45) is 0. The summed E-state index contributed by atoms with van der Waals surface area (Å²) in [5, 5.41) is 4.45. The zero-order valence-electron chi connectivity index (χ0n) is 11.4. The average molecular weight is 395 g/mol.